The monoisotopic (exact) mass is 456 g/mol. The van der Waals surface area contributed by atoms with Gasteiger partial charge in [-0.3, -0.25) is 14.7 Å². The number of aromatic nitrogens is 1. The van der Waals surface area contributed by atoms with Gasteiger partial charge in [0, 0.05) is 42.0 Å². The molecule has 3 heterocycles. The molecule has 1 N–H and O–H groups in total. The minimum atomic E-state index is -0.336. The molecule has 176 valence electrons. The number of anilines is 1. The molecular formula is C28H32N4O2. The van der Waals surface area contributed by atoms with Crippen LogP contribution in [0.25, 0.3) is 10.9 Å². The van der Waals surface area contributed by atoms with E-state index in [1.807, 2.05) is 37.4 Å². The Labute approximate surface area is 200 Å². The van der Waals surface area contributed by atoms with Gasteiger partial charge in [0.1, 0.15) is 12.4 Å². The molecule has 3 fully saturated rings. The lowest BCUT2D eigenvalue weighted by Gasteiger charge is -2.37. The normalized spacial score (nSPS) is 21.0. The second-order valence-electron chi connectivity index (χ2n) is 10.2. The van der Waals surface area contributed by atoms with Gasteiger partial charge in [0.15, 0.2) is 0 Å². The summed E-state index contributed by atoms with van der Waals surface area (Å²) in [6.07, 6.45) is 6.12. The van der Waals surface area contributed by atoms with Crippen molar-refractivity contribution in [3.8, 4) is 5.75 Å². The van der Waals surface area contributed by atoms with Crippen LogP contribution >= 0.6 is 0 Å². The molecular weight excluding hydrogens is 424 g/mol. The summed E-state index contributed by atoms with van der Waals surface area (Å²) in [6, 6.07) is 14.9. The number of likely N-dealkylation sites (tertiary alicyclic amines) is 1. The molecule has 0 bridgehead atoms. The van der Waals surface area contributed by atoms with Crippen LogP contribution in [-0.2, 0) is 5.54 Å². The number of fused-ring (bicyclic) bond motifs is 1. The van der Waals surface area contributed by atoms with Gasteiger partial charge >= 0.3 is 0 Å². The fourth-order valence-electron chi connectivity index (χ4n) is 5.10. The first-order valence-electron chi connectivity index (χ1n) is 12.4. The van der Waals surface area contributed by atoms with E-state index in [-0.39, 0.29) is 11.4 Å². The molecule has 1 atom stereocenters. The van der Waals surface area contributed by atoms with Crippen LogP contribution in [0, 0.1) is 6.92 Å². The van der Waals surface area contributed by atoms with Crippen molar-refractivity contribution in [1.29, 1.82) is 0 Å². The van der Waals surface area contributed by atoms with Gasteiger partial charge < -0.3 is 15.0 Å². The topological polar surface area (TPSA) is 57.7 Å². The SMILES string of the molecule is Cc1ccc(OC[C@@H]2CCN2C)cc1C(=O)NC1(c2cc(N3CCC3)cc3ncccc23)CC1. The summed E-state index contributed by atoms with van der Waals surface area (Å²) in [4.78, 5) is 22.9. The molecule has 1 aromatic heterocycles. The highest BCUT2D eigenvalue weighted by molar-refractivity contribution is 5.97. The average molecular weight is 457 g/mol. The van der Waals surface area contributed by atoms with Gasteiger partial charge in [0.05, 0.1) is 11.1 Å². The van der Waals surface area contributed by atoms with E-state index in [0.29, 0.717) is 18.2 Å². The number of benzene rings is 2. The van der Waals surface area contributed by atoms with Crippen molar-refractivity contribution in [3.05, 3.63) is 65.4 Å². The Morgan fingerprint density at radius 1 is 1.18 bits per heavy atom. The minimum Gasteiger partial charge on any atom is -0.492 e. The van der Waals surface area contributed by atoms with Crippen LogP contribution in [0.3, 0.4) is 0 Å². The minimum absolute atomic E-state index is 0.0346. The number of carbonyl (C=O) groups is 1. The van der Waals surface area contributed by atoms with Gasteiger partial charge in [-0.2, -0.15) is 0 Å². The zero-order valence-electron chi connectivity index (χ0n) is 20.0. The number of aryl methyl sites for hydroxylation is 1. The number of nitrogens with one attached hydrogen (secondary N) is 1. The molecule has 6 nitrogen and oxygen atoms in total. The summed E-state index contributed by atoms with van der Waals surface area (Å²) in [6.45, 7) is 5.94. The molecule has 1 aliphatic carbocycles. The Kier molecular flexibility index (Phi) is 5.21. The molecule has 34 heavy (non-hydrogen) atoms. The second-order valence-corrected chi connectivity index (χ2v) is 10.2. The lowest BCUT2D eigenvalue weighted by Crippen LogP contribution is -2.48. The van der Waals surface area contributed by atoms with E-state index in [1.165, 1.54) is 17.7 Å². The summed E-state index contributed by atoms with van der Waals surface area (Å²) in [5.41, 5.74) is 4.70. The zero-order chi connectivity index (χ0) is 23.3. The van der Waals surface area contributed by atoms with Crippen molar-refractivity contribution in [2.75, 3.05) is 38.2 Å². The molecule has 1 amide bonds. The van der Waals surface area contributed by atoms with Crippen LogP contribution in [0.2, 0.25) is 0 Å². The number of ether oxygens (including phenoxy) is 1. The standard InChI is InChI=1S/C28H32N4O2/c1-19-6-7-22(34-18-20-8-14-31(20)2)17-24(19)27(33)30-28(9-10-28)25-15-21(32-12-4-13-32)16-26-23(25)5-3-11-29-26/h3,5-7,11,15-17,20H,4,8-10,12-14,18H2,1-2H3,(H,30,33)/t20-/m0/s1. The van der Waals surface area contributed by atoms with E-state index < -0.39 is 0 Å². The van der Waals surface area contributed by atoms with Crippen molar-refractivity contribution in [1.82, 2.24) is 15.2 Å². The summed E-state index contributed by atoms with van der Waals surface area (Å²) in [7, 11) is 2.12. The van der Waals surface area contributed by atoms with Crippen molar-refractivity contribution in [2.45, 2.75) is 44.2 Å². The predicted octanol–water partition coefficient (Wildman–Crippen LogP) is 4.26. The fourth-order valence-corrected chi connectivity index (χ4v) is 5.10. The smallest absolute Gasteiger partial charge is 0.252 e. The van der Waals surface area contributed by atoms with Crippen molar-refractivity contribution in [3.63, 3.8) is 0 Å². The fraction of sp³-hybridized carbons (Fsp3) is 0.429. The number of rotatable bonds is 7. The lowest BCUT2D eigenvalue weighted by atomic mass is 9.96. The largest absolute Gasteiger partial charge is 0.492 e. The summed E-state index contributed by atoms with van der Waals surface area (Å²) < 4.78 is 6.04. The molecule has 0 radical (unpaired) electrons. The molecule has 3 aromatic rings. The van der Waals surface area contributed by atoms with E-state index in [9.17, 15) is 4.79 Å². The maximum Gasteiger partial charge on any atom is 0.252 e. The first kappa shape index (κ1) is 21.4. The van der Waals surface area contributed by atoms with Gasteiger partial charge in [-0.1, -0.05) is 12.1 Å². The third-order valence-corrected chi connectivity index (χ3v) is 7.88. The van der Waals surface area contributed by atoms with Crippen LogP contribution in [0.5, 0.6) is 5.75 Å². The molecule has 6 heteroatoms. The van der Waals surface area contributed by atoms with Crippen LogP contribution in [0.4, 0.5) is 5.69 Å². The quantitative estimate of drug-likeness (QED) is 0.576. The summed E-state index contributed by atoms with van der Waals surface area (Å²) in [5.74, 6) is 0.725. The number of hydrogen-bond donors (Lipinski definition) is 1. The molecule has 6 rings (SSSR count). The van der Waals surface area contributed by atoms with Gasteiger partial charge in [0.2, 0.25) is 0 Å². The van der Waals surface area contributed by atoms with Gasteiger partial charge in [-0.15, -0.1) is 0 Å². The third-order valence-electron chi connectivity index (χ3n) is 7.88. The molecule has 2 aliphatic heterocycles. The second kappa shape index (κ2) is 8.27. The molecule has 2 aromatic carbocycles. The van der Waals surface area contributed by atoms with Crippen LogP contribution in [-0.4, -0.2) is 55.1 Å². The highest BCUT2D eigenvalue weighted by Gasteiger charge is 2.47. The van der Waals surface area contributed by atoms with Crippen LogP contribution < -0.4 is 15.0 Å². The van der Waals surface area contributed by atoms with E-state index in [2.05, 4.69) is 45.3 Å². The maximum atomic E-state index is 13.5. The third kappa shape index (κ3) is 3.80. The number of likely N-dealkylation sites (N-methyl/N-ethyl adjacent to an activating group) is 1. The lowest BCUT2D eigenvalue weighted by molar-refractivity contribution is 0.0767. The Morgan fingerprint density at radius 3 is 2.71 bits per heavy atom. The van der Waals surface area contributed by atoms with Crippen molar-refractivity contribution >= 4 is 22.5 Å². The zero-order valence-corrected chi connectivity index (χ0v) is 20.0. The molecule has 0 unspecified atom stereocenters. The van der Waals surface area contributed by atoms with Gasteiger partial charge in [0.25, 0.3) is 5.91 Å². The molecule has 0 spiro atoms. The summed E-state index contributed by atoms with van der Waals surface area (Å²) >= 11 is 0. The number of nitrogens with zero attached hydrogens (tertiary/aromatic N) is 3. The molecule has 2 saturated heterocycles. The average Bonchev–Trinajstić information content (AvgIpc) is 3.57. The number of pyridine rings is 1. The number of hydrogen-bond acceptors (Lipinski definition) is 5. The Bertz CT molecular complexity index is 1250. The van der Waals surface area contributed by atoms with E-state index in [4.69, 9.17) is 4.74 Å². The number of amides is 1. The maximum absolute atomic E-state index is 13.5. The van der Waals surface area contributed by atoms with Crippen molar-refractivity contribution in [2.24, 2.45) is 0 Å². The van der Waals surface area contributed by atoms with E-state index >= 15 is 0 Å². The first-order chi connectivity index (χ1) is 16.5. The highest BCUT2D eigenvalue weighted by atomic mass is 16.5. The Balaban J connectivity index is 1.27. The van der Waals surface area contributed by atoms with Gasteiger partial charge in [-0.05, 0) is 87.7 Å². The van der Waals surface area contributed by atoms with Crippen LogP contribution in [0.15, 0.2) is 48.7 Å². The molecule has 1 saturated carbocycles. The molecule has 3 aliphatic rings. The van der Waals surface area contributed by atoms with Gasteiger partial charge in [-0.25, -0.2) is 0 Å². The Hall–Kier alpha value is -3.12. The highest BCUT2D eigenvalue weighted by Crippen LogP contribution is 2.49. The summed E-state index contributed by atoms with van der Waals surface area (Å²) in [5, 5.41) is 4.54. The van der Waals surface area contributed by atoms with E-state index in [0.717, 1.165) is 61.1 Å². The van der Waals surface area contributed by atoms with Crippen molar-refractivity contribution < 1.29 is 9.53 Å². The predicted molar refractivity (Wildman–Crippen MR) is 135 cm³/mol. The van der Waals surface area contributed by atoms with E-state index in [1.54, 1.807) is 0 Å². The number of carbonyl (C=O) groups excluding carboxylic acids is 1. The van der Waals surface area contributed by atoms with Crippen LogP contribution in [0.1, 0.15) is 47.2 Å². The first-order valence-corrected chi connectivity index (χ1v) is 12.4. The Morgan fingerprint density at radius 2 is 2.03 bits per heavy atom.